The molecule has 0 aliphatic carbocycles. The first kappa shape index (κ1) is 15.5. The molecule has 4 N–H and O–H groups in total. The highest BCUT2D eigenvalue weighted by molar-refractivity contribution is 5.88. The average Bonchev–Trinajstić information content (AvgIpc) is 2.32. The Bertz CT molecular complexity index is 280. The zero-order valence-corrected chi connectivity index (χ0v) is 9.77. The van der Waals surface area contributed by atoms with E-state index in [1.54, 1.807) is 0 Å². The van der Waals surface area contributed by atoms with Gasteiger partial charge in [0.25, 0.3) is 0 Å². The Balaban J connectivity index is 3.86. The van der Waals surface area contributed by atoms with E-state index in [4.69, 9.17) is 10.8 Å². The molecule has 0 spiro atoms. The van der Waals surface area contributed by atoms with Gasteiger partial charge >= 0.3 is 5.97 Å². The fourth-order valence-electron chi connectivity index (χ4n) is 0.999. The summed E-state index contributed by atoms with van der Waals surface area (Å²) in [4.78, 5) is 33.3. The van der Waals surface area contributed by atoms with Crippen LogP contribution >= 0.6 is 0 Å². The van der Waals surface area contributed by atoms with Gasteiger partial charge in [-0.3, -0.25) is 9.59 Å². The molecule has 98 valence electrons. The van der Waals surface area contributed by atoms with Gasteiger partial charge in [-0.15, -0.1) is 0 Å². The molecule has 0 aromatic rings. The van der Waals surface area contributed by atoms with Crippen molar-refractivity contribution >= 4 is 17.7 Å². The maximum atomic E-state index is 11.3. The van der Waals surface area contributed by atoms with E-state index in [-0.39, 0.29) is 38.4 Å². The van der Waals surface area contributed by atoms with Crippen LogP contribution in [-0.4, -0.2) is 48.6 Å². The third kappa shape index (κ3) is 7.42. The highest BCUT2D eigenvalue weighted by atomic mass is 16.5. The second kappa shape index (κ2) is 8.66. The standard InChI is InChI=1S/C10H18N2O5/c1-7(10(16)17-5-4-13)12-9(15)3-2-8(14)6-11/h7,13H,2-6,11H2,1H3,(H,12,15). The van der Waals surface area contributed by atoms with Gasteiger partial charge in [0.05, 0.1) is 13.2 Å². The van der Waals surface area contributed by atoms with Crippen molar-refractivity contribution in [2.75, 3.05) is 19.8 Å². The van der Waals surface area contributed by atoms with Gasteiger partial charge in [0.2, 0.25) is 5.91 Å². The molecule has 0 aromatic carbocycles. The highest BCUT2D eigenvalue weighted by Crippen LogP contribution is 1.93. The van der Waals surface area contributed by atoms with E-state index in [0.29, 0.717) is 0 Å². The molecule has 0 aromatic heterocycles. The van der Waals surface area contributed by atoms with Gasteiger partial charge in [-0.25, -0.2) is 4.79 Å². The summed E-state index contributed by atoms with van der Waals surface area (Å²) in [6.07, 6.45) is 0.0500. The van der Waals surface area contributed by atoms with E-state index in [1.807, 2.05) is 0 Å². The Hall–Kier alpha value is -1.47. The maximum absolute atomic E-state index is 11.3. The van der Waals surface area contributed by atoms with Crippen LogP contribution in [0.5, 0.6) is 0 Å². The summed E-state index contributed by atoms with van der Waals surface area (Å²) >= 11 is 0. The van der Waals surface area contributed by atoms with Crippen LogP contribution in [0.15, 0.2) is 0 Å². The predicted octanol–water partition coefficient (Wildman–Crippen LogP) is -1.67. The molecule has 0 aliphatic rings. The number of Topliss-reactive ketones (excluding diaryl/α,β-unsaturated/α-hetero) is 1. The normalized spacial score (nSPS) is 11.7. The molecular formula is C10H18N2O5. The van der Waals surface area contributed by atoms with Crippen LogP contribution in [-0.2, 0) is 19.1 Å². The molecule has 1 atom stereocenters. The topological polar surface area (TPSA) is 119 Å². The molecule has 0 bridgehead atoms. The first-order valence-corrected chi connectivity index (χ1v) is 5.30. The summed E-state index contributed by atoms with van der Waals surface area (Å²) in [5.74, 6) is -1.26. The fourth-order valence-corrected chi connectivity index (χ4v) is 0.999. The van der Waals surface area contributed by atoms with Crippen LogP contribution in [0, 0.1) is 0 Å². The lowest BCUT2D eigenvalue weighted by Gasteiger charge is -2.12. The van der Waals surface area contributed by atoms with Crippen molar-refractivity contribution in [2.24, 2.45) is 5.73 Å². The van der Waals surface area contributed by atoms with Crippen molar-refractivity contribution < 1.29 is 24.2 Å². The molecule has 0 radical (unpaired) electrons. The Morgan fingerprint density at radius 3 is 2.53 bits per heavy atom. The van der Waals surface area contributed by atoms with E-state index in [0.717, 1.165) is 0 Å². The number of nitrogens with one attached hydrogen (secondary N) is 1. The Morgan fingerprint density at radius 2 is 2.00 bits per heavy atom. The molecule has 1 unspecified atom stereocenters. The van der Waals surface area contributed by atoms with Gasteiger partial charge in [-0.05, 0) is 6.92 Å². The molecule has 0 aliphatic heterocycles. The summed E-state index contributed by atoms with van der Waals surface area (Å²) in [6, 6.07) is -0.804. The van der Waals surface area contributed by atoms with Crippen LogP contribution in [0.2, 0.25) is 0 Å². The van der Waals surface area contributed by atoms with E-state index in [2.05, 4.69) is 10.1 Å². The fraction of sp³-hybridized carbons (Fsp3) is 0.700. The van der Waals surface area contributed by atoms with E-state index in [9.17, 15) is 14.4 Å². The Labute approximate surface area is 99.3 Å². The van der Waals surface area contributed by atoms with Gasteiger partial charge in [0.1, 0.15) is 18.4 Å². The maximum Gasteiger partial charge on any atom is 0.328 e. The van der Waals surface area contributed by atoms with Crippen LogP contribution in [0.25, 0.3) is 0 Å². The molecule has 7 nitrogen and oxygen atoms in total. The van der Waals surface area contributed by atoms with E-state index in [1.165, 1.54) is 6.92 Å². The number of nitrogens with two attached hydrogens (primary N) is 1. The third-order valence-corrected chi connectivity index (χ3v) is 1.93. The minimum Gasteiger partial charge on any atom is -0.462 e. The van der Waals surface area contributed by atoms with Gasteiger partial charge < -0.3 is 20.9 Å². The van der Waals surface area contributed by atoms with Crippen molar-refractivity contribution in [1.29, 1.82) is 0 Å². The minimum atomic E-state index is -0.804. The largest absolute Gasteiger partial charge is 0.462 e. The van der Waals surface area contributed by atoms with Crippen LogP contribution in [0.4, 0.5) is 0 Å². The van der Waals surface area contributed by atoms with Crippen molar-refractivity contribution in [3.8, 4) is 0 Å². The molecular weight excluding hydrogens is 228 g/mol. The molecule has 17 heavy (non-hydrogen) atoms. The predicted molar refractivity (Wildman–Crippen MR) is 58.9 cm³/mol. The van der Waals surface area contributed by atoms with Crippen molar-refractivity contribution in [2.45, 2.75) is 25.8 Å². The molecule has 0 fully saturated rings. The Kier molecular flexibility index (Phi) is 7.91. The SMILES string of the molecule is CC(NC(=O)CCC(=O)CN)C(=O)OCCO. The van der Waals surface area contributed by atoms with Gasteiger partial charge in [0, 0.05) is 12.8 Å². The number of aliphatic hydroxyl groups excluding tert-OH is 1. The third-order valence-electron chi connectivity index (χ3n) is 1.93. The van der Waals surface area contributed by atoms with Crippen LogP contribution in [0.1, 0.15) is 19.8 Å². The van der Waals surface area contributed by atoms with Crippen LogP contribution < -0.4 is 11.1 Å². The highest BCUT2D eigenvalue weighted by Gasteiger charge is 2.16. The summed E-state index contributed by atoms with van der Waals surface area (Å²) < 4.78 is 4.61. The number of ether oxygens (including phenoxy) is 1. The van der Waals surface area contributed by atoms with Gasteiger partial charge in [-0.1, -0.05) is 0 Å². The van der Waals surface area contributed by atoms with Crippen molar-refractivity contribution in [1.82, 2.24) is 5.32 Å². The lowest BCUT2D eigenvalue weighted by Crippen LogP contribution is -2.40. The summed E-state index contributed by atoms with van der Waals surface area (Å²) in [5, 5.41) is 10.8. The lowest BCUT2D eigenvalue weighted by atomic mass is 10.2. The van der Waals surface area contributed by atoms with Gasteiger partial charge in [-0.2, -0.15) is 0 Å². The zero-order chi connectivity index (χ0) is 13.3. The smallest absolute Gasteiger partial charge is 0.328 e. The number of esters is 1. The molecule has 0 heterocycles. The van der Waals surface area contributed by atoms with Crippen molar-refractivity contribution in [3.63, 3.8) is 0 Å². The summed E-state index contributed by atoms with van der Waals surface area (Å²) in [7, 11) is 0. The van der Waals surface area contributed by atoms with Gasteiger partial charge in [0.15, 0.2) is 0 Å². The molecule has 1 amide bonds. The second-order valence-corrected chi connectivity index (χ2v) is 3.42. The number of aliphatic hydroxyl groups is 1. The molecule has 0 saturated carbocycles. The lowest BCUT2D eigenvalue weighted by molar-refractivity contribution is -0.148. The monoisotopic (exact) mass is 246 g/mol. The zero-order valence-electron chi connectivity index (χ0n) is 9.77. The number of carbonyl (C=O) groups is 3. The second-order valence-electron chi connectivity index (χ2n) is 3.42. The van der Waals surface area contributed by atoms with E-state index < -0.39 is 17.9 Å². The number of carbonyl (C=O) groups excluding carboxylic acids is 3. The number of amides is 1. The minimum absolute atomic E-state index is 0.00630. The summed E-state index contributed by atoms with van der Waals surface area (Å²) in [5.41, 5.74) is 5.08. The molecule has 7 heteroatoms. The van der Waals surface area contributed by atoms with Crippen molar-refractivity contribution in [3.05, 3.63) is 0 Å². The number of ketones is 1. The Morgan fingerprint density at radius 1 is 1.35 bits per heavy atom. The molecule has 0 saturated heterocycles. The quantitative estimate of drug-likeness (QED) is 0.441. The van der Waals surface area contributed by atoms with Crippen LogP contribution in [0.3, 0.4) is 0 Å². The van der Waals surface area contributed by atoms with E-state index >= 15 is 0 Å². The number of hydrogen-bond donors (Lipinski definition) is 3. The molecule has 0 rings (SSSR count). The number of hydrogen-bond acceptors (Lipinski definition) is 6. The first-order chi connectivity index (χ1) is 8.01. The number of rotatable bonds is 8. The summed E-state index contributed by atoms with van der Waals surface area (Å²) in [6.45, 7) is 0.992. The average molecular weight is 246 g/mol. The first-order valence-electron chi connectivity index (χ1n) is 5.30.